The molecule has 0 atom stereocenters. The molecule has 0 saturated heterocycles. The number of ether oxygens (including phenoxy) is 1. The molecule has 5 aromatic rings. The molecule has 1 N–H and O–H groups in total. The number of aryl methyl sites for hydroxylation is 2. The number of fused-ring (bicyclic) bond motifs is 1. The fourth-order valence-corrected chi connectivity index (χ4v) is 4.15. The molecule has 2 aromatic heterocycles. The van der Waals surface area contributed by atoms with Gasteiger partial charge in [-0.3, -0.25) is 4.79 Å². The highest BCUT2D eigenvalue weighted by molar-refractivity contribution is 6.01. The zero-order valence-corrected chi connectivity index (χ0v) is 20.0. The van der Waals surface area contributed by atoms with Gasteiger partial charge in [0.25, 0.3) is 0 Å². The van der Waals surface area contributed by atoms with E-state index >= 15 is 0 Å². The predicted molar refractivity (Wildman–Crippen MR) is 143 cm³/mol. The summed E-state index contributed by atoms with van der Waals surface area (Å²) in [6.07, 6.45) is 6.34. The average Bonchev–Trinajstić information content (AvgIpc) is 2.89. The Labute approximate surface area is 209 Å². The number of rotatable bonds is 6. The zero-order valence-electron chi connectivity index (χ0n) is 20.0. The molecule has 1 amide bonds. The van der Waals surface area contributed by atoms with Crippen LogP contribution in [0.25, 0.3) is 33.2 Å². The number of anilines is 1. The number of nitrogens with one attached hydrogen (secondary N) is 1. The minimum absolute atomic E-state index is 0.257. The lowest BCUT2D eigenvalue weighted by Gasteiger charge is -2.14. The molecule has 0 saturated carbocycles. The van der Waals surface area contributed by atoms with Gasteiger partial charge in [-0.1, -0.05) is 30.8 Å². The number of carbonyl (C=O) groups excluding carboxylic acids is 1. The molecule has 0 radical (unpaired) electrons. The summed E-state index contributed by atoms with van der Waals surface area (Å²) in [7, 11) is 0. The Kier molecular flexibility index (Phi) is 6.24. The maximum absolute atomic E-state index is 11.8. The monoisotopic (exact) mass is 472 g/mol. The summed E-state index contributed by atoms with van der Waals surface area (Å²) < 4.78 is 6.03. The summed E-state index contributed by atoms with van der Waals surface area (Å²) >= 11 is 0. The molecule has 5 rings (SSSR count). The zero-order chi connectivity index (χ0) is 25.1. The van der Waals surface area contributed by atoms with Gasteiger partial charge in [-0.05, 0) is 84.6 Å². The third-order valence-corrected chi connectivity index (χ3v) is 5.92. The van der Waals surface area contributed by atoms with E-state index in [-0.39, 0.29) is 5.91 Å². The van der Waals surface area contributed by atoms with E-state index in [2.05, 4.69) is 52.0 Å². The third kappa shape index (κ3) is 4.70. The first kappa shape index (κ1) is 22.9. The van der Waals surface area contributed by atoms with E-state index in [1.165, 1.54) is 6.08 Å². The van der Waals surface area contributed by atoms with Crippen LogP contribution < -0.4 is 10.1 Å². The van der Waals surface area contributed by atoms with Crippen molar-refractivity contribution in [3.63, 3.8) is 0 Å². The highest BCUT2D eigenvalue weighted by atomic mass is 16.5. The van der Waals surface area contributed by atoms with Crippen LogP contribution in [0.3, 0.4) is 0 Å². The van der Waals surface area contributed by atoms with E-state index in [1.807, 2.05) is 61.7 Å². The van der Waals surface area contributed by atoms with Gasteiger partial charge in [0.2, 0.25) is 11.8 Å². The molecule has 36 heavy (non-hydrogen) atoms. The minimum atomic E-state index is -0.257. The summed E-state index contributed by atoms with van der Waals surface area (Å²) in [5, 5.41) is 3.75. The molecule has 0 aliphatic heterocycles. The summed E-state index contributed by atoms with van der Waals surface area (Å²) in [5.74, 6) is 1.07. The Morgan fingerprint density at radius 1 is 0.917 bits per heavy atom. The quantitative estimate of drug-likeness (QED) is 0.272. The molecule has 0 unspecified atom stereocenters. The molecule has 0 aliphatic carbocycles. The first-order valence-corrected chi connectivity index (χ1v) is 11.5. The maximum atomic E-state index is 11.8. The second-order valence-corrected chi connectivity index (χ2v) is 8.46. The van der Waals surface area contributed by atoms with E-state index in [1.54, 1.807) is 12.5 Å². The number of hydrogen-bond donors (Lipinski definition) is 1. The van der Waals surface area contributed by atoms with Gasteiger partial charge in [-0.15, -0.1) is 0 Å². The van der Waals surface area contributed by atoms with Crippen LogP contribution in [-0.4, -0.2) is 20.9 Å². The van der Waals surface area contributed by atoms with Crippen molar-refractivity contribution in [2.75, 3.05) is 5.32 Å². The summed E-state index contributed by atoms with van der Waals surface area (Å²) in [5.41, 5.74) is 7.56. The van der Waals surface area contributed by atoms with E-state index in [9.17, 15) is 4.79 Å². The van der Waals surface area contributed by atoms with Crippen molar-refractivity contribution >= 4 is 22.5 Å². The molecule has 0 fully saturated rings. The standard InChI is InChI=1S/C30H24N4O2/c1-4-28(35)34-24-9-5-8-21(15-24)27-16-22(14-23-17-31-18-33-29(23)27)26-11-10-25(13-20(26)3)36-30-19(2)7-6-12-32-30/h4-18H,1H2,2-3H3,(H,34,35). The fourth-order valence-electron chi connectivity index (χ4n) is 4.15. The molecular formula is C30H24N4O2. The minimum Gasteiger partial charge on any atom is -0.439 e. The number of amides is 1. The third-order valence-electron chi connectivity index (χ3n) is 5.92. The first-order chi connectivity index (χ1) is 17.5. The summed E-state index contributed by atoms with van der Waals surface area (Å²) in [6, 6.07) is 21.8. The number of hydrogen-bond acceptors (Lipinski definition) is 5. The molecule has 2 heterocycles. The van der Waals surface area contributed by atoms with Crippen LogP contribution in [0.15, 0.2) is 98.1 Å². The molecule has 6 nitrogen and oxygen atoms in total. The second kappa shape index (κ2) is 9.80. The molecule has 6 heteroatoms. The topological polar surface area (TPSA) is 77.0 Å². The number of benzene rings is 3. The number of pyridine rings is 1. The molecule has 0 spiro atoms. The van der Waals surface area contributed by atoms with E-state index in [0.717, 1.165) is 50.0 Å². The van der Waals surface area contributed by atoms with E-state index in [0.29, 0.717) is 11.6 Å². The van der Waals surface area contributed by atoms with Crippen molar-refractivity contribution in [2.45, 2.75) is 13.8 Å². The van der Waals surface area contributed by atoms with Crippen LogP contribution in [0, 0.1) is 13.8 Å². The van der Waals surface area contributed by atoms with Crippen molar-refractivity contribution in [3.8, 4) is 33.9 Å². The SMILES string of the molecule is C=CC(=O)Nc1cccc(-c2cc(-c3ccc(Oc4ncccc4C)cc3C)cc3cncnc23)c1. The smallest absolute Gasteiger partial charge is 0.247 e. The highest BCUT2D eigenvalue weighted by Crippen LogP contribution is 2.36. The second-order valence-electron chi connectivity index (χ2n) is 8.46. The molecule has 0 aliphatic rings. The number of carbonyl (C=O) groups is 1. The average molecular weight is 473 g/mol. The van der Waals surface area contributed by atoms with Gasteiger partial charge >= 0.3 is 0 Å². The van der Waals surface area contributed by atoms with Gasteiger partial charge < -0.3 is 10.1 Å². The lowest BCUT2D eigenvalue weighted by Crippen LogP contribution is -2.07. The van der Waals surface area contributed by atoms with Crippen molar-refractivity contribution in [1.82, 2.24) is 15.0 Å². The van der Waals surface area contributed by atoms with Gasteiger partial charge in [-0.25, -0.2) is 15.0 Å². The van der Waals surface area contributed by atoms with Gasteiger partial charge in [0, 0.05) is 34.6 Å². The largest absolute Gasteiger partial charge is 0.439 e. The van der Waals surface area contributed by atoms with E-state index < -0.39 is 0 Å². The van der Waals surface area contributed by atoms with Gasteiger partial charge in [0.15, 0.2) is 0 Å². The Morgan fingerprint density at radius 2 is 1.81 bits per heavy atom. The van der Waals surface area contributed by atoms with Crippen molar-refractivity contribution in [3.05, 3.63) is 109 Å². The summed E-state index contributed by atoms with van der Waals surface area (Å²) in [4.78, 5) is 24.9. The Morgan fingerprint density at radius 3 is 2.61 bits per heavy atom. The first-order valence-electron chi connectivity index (χ1n) is 11.5. The fraction of sp³-hybridized carbons (Fsp3) is 0.0667. The Hall–Kier alpha value is -4.84. The van der Waals surface area contributed by atoms with Crippen molar-refractivity contribution in [1.29, 1.82) is 0 Å². The van der Waals surface area contributed by atoms with Crippen LogP contribution >= 0.6 is 0 Å². The highest BCUT2D eigenvalue weighted by Gasteiger charge is 2.13. The molecule has 3 aromatic carbocycles. The predicted octanol–water partition coefficient (Wildman–Crippen LogP) is 6.89. The van der Waals surface area contributed by atoms with Crippen LogP contribution in [0.1, 0.15) is 11.1 Å². The van der Waals surface area contributed by atoms with Gasteiger partial charge in [0.1, 0.15) is 12.1 Å². The normalized spacial score (nSPS) is 10.7. The van der Waals surface area contributed by atoms with Crippen molar-refractivity contribution < 1.29 is 9.53 Å². The van der Waals surface area contributed by atoms with Crippen LogP contribution in [0.2, 0.25) is 0 Å². The lowest BCUT2D eigenvalue weighted by molar-refractivity contribution is -0.111. The molecule has 0 bridgehead atoms. The van der Waals surface area contributed by atoms with Gasteiger partial charge in [0.05, 0.1) is 5.52 Å². The van der Waals surface area contributed by atoms with Gasteiger partial charge in [-0.2, -0.15) is 0 Å². The maximum Gasteiger partial charge on any atom is 0.247 e. The molecular weight excluding hydrogens is 448 g/mol. The Bertz CT molecular complexity index is 1610. The number of aromatic nitrogens is 3. The molecule has 176 valence electrons. The van der Waals surface area contributed by atoms with Crippen LogP contribution in [0.4, 0.5) is 5.69 Å². The van der Waals surface area contributed by atoms with Crippen molar-refractivity contribution in [2.24, 2.45) is 0 Å². The lowest BCUT2D eigenvalue weighted by atomic mass is 9.93. The van der Waals surface area contributed by atoms with E-state index in [4.69, 9.17) is 4.74 Å². The van der Waals surface area contributed by atoms with Crippen LogP contribution in [-0.2, 0) is 4.79 Å². The summed E-state index contributed by atoms with van der Waals surface area (Å²) in [6.45, 7) is 7.56. The Balaban J connectivity index is 1.57. The van der Waals surface area contributed by atoms with Crippen LogP contribution in [0.5, 0.6) is 11.6 Å². The number of nitrogens with zero attached hydrogens (tertiary/aromatic N) is 3.